The van der Waals surface area contributed by atoms with Gasteiger partial charge >= 0.3 is 77.5 Å². The average Bonchev–Trinajstić information content (AvgIpc) is 2.92. The number of hydrogen-bond acceptors (Lipinski definition) is 4. The third-order valence-electron chi connectivity index (χ3n) is 5.93. The van der Waals surface area contributed by atoms with E-state index in [-0.39, 0.29) is 5.57 Å². The predicted molar refractivity (Wildman–Crippen MR) is 108 cm³/mol. The van der Waals surface area contributed by atoms with Gasteiger partial charge in [-0.2, -0.15) is 96.6 Å². The third-order valence-corrected chi connectivity index (χ3v) is 5.93. The second kappa shape index (κ2) is 13.5. The van der Waals surface area contributed by atoms with E-state index in [1.807, 2.05) is 0 Å². The van der Waals surface area contributed by atoms with E-state index in [1.165, 1.54) is 0 Å². The lowest BCUT2D eigenvalue weighted by Gasteiger charge is -2.45. The summed E-state index contributed by atoms with van der Waals surface area (Å²) in [5.41, 5.74) is -0.289. The Morgan fingerprint density at radius 2 is 0.878 bits per heavy atom. The maximum absolute atomic E-state index is 13.9. The summed E-state index contributed by atoms with van der Waals surface area (Å²) < 4.78 is 333. The molecule has 0 amide bonds. The van der Waals surface area contributed by atoms with Crippen LogP contribution in [0.2, 0.25) is 0 Å². The summed E-state index contributed by atoms with van der Waals surface area (Å²) in [6.07, 6.45) is -11.4. The first kappa shape index (κ1) is 46.5. The monoisotopic (exact) mass is 788 g/mol. The van der Waals surface area contributed by atoms with Gasteiger partial charge in [-0.05, 0) is 6.92 Å². The predicted octanol–water partition coefficient (Wildman–Crippen LogP) is 8.13. The van der Waals surface area contributed by atoms with Crippen LogP contribution in [0.3, 0.4) is 0 Å². The third kappa shape index (κ3) is 7.03. The van der Waals surface area contributed by atoms with Crippen molar-refractivity contribution >= 4 is 5.97 Å². The highest BCUT2D eigenvalue weighted by Gasteiger charge is 2.98. The molecule has 1 N–H and O–H groups in total. The smallest absolute Gasteiger partial charge is 0.385 e. The van der Waals surface area contributed by atoms with Crippen molar-refractivity contribution in [2.75, 3.05) is 19.8 Å². The molecule has 0 aliphatic rings. The molecule has 0 aromatic rings. The standard InChI is InChI=1S/C21H16F24O4/c1-7(2)9(47)49-6-8(46)5-48-4-3-11(24,25)13(28,29)15(32,33)17(36,37)19(40,41)21(44,45)20(42,43)18(38,39)16(34,35)14(30,31)12(26,27)10(22)23/h8,10,46H,1,3-6H2,2H3. The van der Waals surface area contributed by atoms with Crippen molar-refractivity contribution in [2.24, 2.45) is 0 Å². The van der Waals surface area contributed by atoms with E-state index >= 15 is 0 Å². The van der Waals surface area contributed by atoms with Crippen molar-refractivity contribution in [2.45, 2.75) is 91.0 Å². The SMILES string of the molecule is C=C(C)C(=O)OCC(O)COCCC(F)(F)C(F)(F)C(F)(F)C(F)(F)C(F)(F)C(F)(F)C(F)(F)C(F)(F)C(F)(F)C(F)(F)C(F)(F)C(F)F. The molecule has 0 aromatic carbocycles. The van der Waals surface area contributed by atoms with Gasteiger partial charge < -0.3 is 14.6 Å². The summed E-state index contributed by atoms with van der Waals surface area (Å²) in [6, 6.07) is 0. The van der Waals surface area contributed by atoms with Gasteiger partial charge in [0.05, 0.1) is 13.2 Å². The molecule has 0 radical (unpaired) electrons. The van der Waals surface area contributed by atoms with Crippen LogP contribution in [0.4, 0.5) is 105 Å². The number of esters is 1. The van der Waals surface area contributed by atoms with Gasteiger partial charge in [0.2, 0.25) is 0 Å². The Kier molecular flexibility index (Phi) is 12.8. The molecule has 1 unspecified atom stereocenters. The first-order chi connectivity index (χ1) is 21.2. The van der Waals surface area contributed by atoms with Crippen LogP contribution in [-0.2, 0) is 14.3 Å². The Morgan fingerprint density at radius 1 is 0.571 bits per heavy atom. The molecule has 0 aliphatic carbocycles. The van der Waals surface area contributed by atoms with Crippen molar-refractivity contribution in [3.05, 3.63) is 12.2 Å². The van der Waals surface area contributed by atoms with Gasteiger partial charge in [-0.15, -0.1) is 0 Å². The van der Waals surface area contributed by atoms with Crippen LogP contribution in [-0.4, -0.2) is 109 Å². The zero-order valence-electron chi connectivity index (χ0n) is 22.9. The normalized spacial score (nSPS) is 16.2. The summed E-state index contributed by atoms with van der Waals surface area (Å²) in [5, 5.41) is 9.34. The maximum atomic E-state index is 13.9. The number of ether oxygens (including phenoxy) is 2. The molecule has 4 nitrogen and oxygen atoms in total. The van der Waals surface area contributed by atoms with Crippen molar-refractivity contribution in [3.8, 4) is 0 Å². The fraction of sp³-hybridized carbons (Fsp3) is 0.857. The van der Waals surface area contributed by atoms with Gasteiger partial charge in [0.1, 0.15) is 12.7 Å². The van der Waals surface area contributed by atoms with Crippen LogP contribution >= 0.6 is 0 Å². The quantitative estimate of drug-likeness (QED) is 0.0623. The van der Waals surface area contributed by atoms with E-state index < -0.39 is 110 Å². The van der Waals surface area contributed by atoms with Gasteiger partial charge in [-0.3, -0.25) is 0 Å². The molecular weight excluding hydrogens is 772 g/mol. The minimum absolute atomic E-state index is 0.289. The van der Waals surface area contributed by atoms with Crippen LogP contribution in [0.25, 0.3) is 0 Å². The molecular formula is C21H16F24O4. The highest BCUT2D eigenvalue weighted by Crippen LogP contribution is 2.67. The van der Waals surface area contributed by atoms with E-state index in [1.54, 1.807) is 0 Å². The summed E-state index contributed by atoms with van der Waals surface area (Å²) in [7, 11) is 0. The van der Waals surface area contributed by atoms with Crippen LogP contribution in [0.1, 0.15) is 13.3 Å². The molecule has 0 saturated carbocycles. The van der Waals surface area contributed by atoms with E-state index in [2.05, 4.69) is 16.1 Å². The molecule has 292 valence electrons. The summed E-state index contributed by atoms with van der Waals surface area (Å²) in [5.74, 6) is -98.1. The minimum Gasteiger partial charge on any atom is -0.460 e. The fourth-order valence-corrected chi connectivity index (χ4v) is 2.88. The Labute approximate surface area is 255 Å². The van der Waals surface area contributed by atoms with Crippen LogP contribution in [0.15, 0.2) is 12.2 Å². The molecule has 0 rings (SSSR count). The van der Waals surface area contributed by atoms with Gasteiger partial charge in [0, 0.05) is 12.0 Å². The van der Waals surface area contributed by atoms with E-state index in [4.69, 9.17) is 0 Å². The Bertz CT molecular complexity index is 1180. The Morgan fingerprint density at radius 3 is 1.18 bits per heavy atom. The largest absolute Gasteiger partial charge is 0.460 e. The van der Waals surface area contributed by atoms with Crippen molar-refractivity contribution in [1.82, 2.24) is 0 Å². The molecule has 0 heterocycles. The van der Waals surface area contributed by atoms with Gasteiger partial charge in [0.15, 0.2) is 0 Å². The van der Waals surface area contributed by atoms with Crippen molar-refractivity contribution < 1.29 is 125 Å². The molecule has 0 aliphatic heterocycles. The van der Waals surface area contributed by atoms with E-state index in [9.17, 15) is 115 Å². The van der Waals surface area contributed by atoms with Crippen LogP contribution < -0.4 is 0 Å². The van der Waals surface area contributed by atoms with Gasteiger partial charge in [-0.25, -0.2) is 13.6 Å². The maximum Gasteiger partial charge on any atom is 0.385 e. The highest BCUT2D eigenvalue weighted by atomic mass is 19.4. The number of halogens is 24. The second-order valence-electron chi connectivity index (χ2n) is 9.66. The van der Waals surface area contributed by atoms with E-state index in [0.29, 0.717) is 0 Å². The second-order valence-corrected chi connectivity index (χ2v) is 9.66. The molecule has 49 heavy (non-hydrogen) atoms. The summed E-state index contributed by atoms with van der Waals surface area (Å²) in [6.45, 7) is -0.429. The molecule has 28 heteroatoms. The first-order valence-electron chi connectivity index (χ1n) is 11.7. The summed E-state index contributed by atoms with van der Waals surface area (Å²) >= 11 is 0. The minimum atomic E-state index is -9.53. The number of rotatable bonds is 19. The fourth-order valence-electron chi connectivity index (χ4n) is 2.88. The zero-order valence-corrected chi connectivity index (χ0v) is 22.9. The molecule has 0 bridgehead atoms. The van der Waals surface area contributed by atoms with Crippen molar-refractivity contribution in [1.29, 1.82) is 0 Å². The van der Waals surface area contributed by atoms with Gasteiger partial charge in [0.25, 0.3) is 0 Å². The molecule has 1 atom stereocenters. The van der Waals surface area contributed by atoms with Crippen molar-refractivity contribution in [3.63, 3.8) is 0 Å². The molecule has 0 saturated heterocycles. The topological polar surface area (TPSA) is 55.8 Å². The lowest BCUT2D eigenvalue weighted by atomic mass is 9.84. The van der Waals surface area contributed by atoms with Crippen LogP contribution in [0, 0.1) is 0 Å². The Hall–Kier alpha value is -2.55. The Balaban J connectivity index is 6.59. The number of hydrogen-bond donors (Lipinski definition) is 1. The lowest BCUT2D eigenvalue weighted by molar-refractivity contribution is -0.476. The highest BCUT2D eigenvalue weighted by molar-refractivity contribution is 5.86. The average molecular weight is 788 g/mol. The van der Waals surface area contributed by atoms with Gasteiger partial charge in [-0.1, -0.05) is 6.58 Å². The number of carbonyl (C=O) groups excluding carboxylic acids is 1. The summed E-state index contributed by atoms with van der Waals surface area (Å²) in [4.78, 5) is 11.1. The zero-order chi connectivity index (χ0) is 40.1. The van der Waals surface area contributed by atoms with Crippen LogP contribution in [0.5, 0.6) is 0 Å². The molecule has 0 aromatic heterocycles. The number of carbonyl (C=O) groups is 1. The molecule has 0 spiro atoms. The lowest BCUT2D eigenvalue weighted by Crippen LogP contribution is -2.78. The van der Waals surface area contributed by atoms with E-state index in [0.717, 1.165) is 6.92 Å². The number of alkyl halides is 24. The number of aliphatic hydroxyl groups is 1. The molecule has 0 fully saturated rings. The first-order valence-corrected chi connectivity index (χ1v) is 11.7. The number of aliphatic hydroxyl groups excluding tert-OH is 1.